The Balaban J connectivity index is 2.38. The van der Waals surface area contributed by atoms with Crippen molar-refractivity contribution in [2.75, 3.05) is 0 Å². The lowest BCUT2D eigenvalue weighted by atomic mass is 10.1. The Kier molecular flexibility index (Phi) is 2.84. The molecular formula is C15H9O7. The van der Waals surface area contributed by atoms with E-state index in [2.05, 4.69) is 0 Å². The fraction of sp³-hybridized carbons (Fsp3) is 0. The molecule has 1 radical (unpaired) electrons. The Morgan fingerprint density at radius 3 is 2.27 bits per heavy atom. The van der Waals surface area contributed by atoms with Gasteiger partial charge < -0.3 is 24.8 Å². The fourth-order valence-electron chi connectivity index (χ4n) is 2.12. The number of phenols is 4. The molecule has 0 spiro atoms. The summed E-state index contributed by atoms with van der Waals surface area (Å²) >= 11 is 0. The molecule has 7 nitrogen and oxygen atoms in total. The number of hydrogen-bond acceptors (Lipinski definition) is 6. The third kappa shape index (κ3) is 1.96. The highest BCUT2D eigenvalue weighted by Crippen LogP contribution is 2.37. The minimum absolute atomic E-state index is 0.0714. The van der Waals surface area contributed by atoms with Crippen LogP contribution in [0.25, 0.3) is 22.3 Å². The topological polar surface area (TPSA) is 131 Å². The summed E-state index contributed by atoms with van der Waals surface area (Å²) in [6, 6.07) is 5.48. The molecule has 0 fully saturated rings. The predicted octanol–water partition coefficient (Wildman–Crippen LogP) is 2.43. The maximum atomic E-state index is 12.1. The highest BCUT2D eigenvalue weighted by Gasteiger charge is 2.20. The van der Waals surface area contributed by atoms with Gasteiger partial charge in [-0.25, -0.2) is 0 Å². The lowest BCUT2D eigenvalue weighted by molar-refractivity contribution is 0.340. The second-order valence-corrected chi connectivity index (χ2v) is 4.63. The van der Waals surface area contributed by atoms with Crippen LogP contribution in [0.2, 0.25) is 0 Å². The van der Waals surface area contributed by atoms with E-state index >= 15 is 0 Å². The van der Waals surface area contributed by atoms with E-state index in [1.165, 1.54) is 6.07 Å². The number of fused-ring (bicyclic) bond motifs is 1. The van der Waals surface area contributed by atoms with Crippen LogP contribution in [0.4, 0.5) is 0 Å². The van der Waals surface area contributed by atoms with Gasteiger partial charge in [0.05, 0.1) is 0 Å². The summed E-state index contributed by atoms with van der Waals surface area (Å²) in [6.45, 7) is 0. The monoisotopic (exact) mass is 301 g/mol. The van der Waals surface area contributed by atoms with Crippen LogP contribution < -0.4 is 5.43 Å². The molecule has 1 heterocycles. The average Bonchev–Trinajstić information content (AvgIpc) is 2.45. The number of phenolic OH excluding ortho intramolecular Hbond substituents is 4. The Morgan fingerprint density at radius 2 is 1.59 bits per heavy atom. The summed E-state index contributed by atoms with van der Waals surface area (Å²) in [5.74, 6) is -3.18. The van der Waals surface area contributed by atoms with Crippen molar-refractivity contribution in [3.8, 4) is 40.1 Å². The van der Waals surface area contributed by atoms with E-state index < -0.39 is 28.4 Å². The zero-order chi connectivity index (χ0) is 16.0. The van der Waals surface area contributed by atoms with E-state index in [1.54, 1.807) is 0 Å². The average molecular weight is 301 g/mol. The predicted molar refractivity (Wildman–Crippen MR) is 74.7 cm³/mol. The number of hydrogen-bond donors (Lipinski definition) is 4. The molecule has 3 aromatic rings. The van der Waals surface area contributed by atoms with Gasteiger partial charge in [-0.15, -0.1) is 0 Å². The van der Waals surface area contributed by atoms with E-state index in [0.29, 0.717) is 0 Å². The highest BCUT2D eigenvalue weighted by molar-refractivity contribution is 5.88. The van der Waals surface area contributed by atoms with Gasteiger partial charge in [-0.3, -0.25) is 9.90 Å². The largest absolute Gasteiger partial charge is 0.508 e. The van der Waals surface area contributed by atoms with Crippen molar-refractivity contribution in [2.24, 2.45) is 0 Å². The summed E-state index contributed by atoms with van der Waals surface area (Å²) in [4.78, 5) is 12.1. The maximum Gasteiger partial charge on any atom is 0.269 e. The third-order valence-electron chi connectivity index (χ3n) is 3.16. The first kappa shape index (κ1) is 13.6. The van der Waals surface area contributed by atoms with Crippen molar-refractivity contribution in [2.45, 2.75) is 0 Å². The number of benzene rings is 2. The van der Waals surface area contributed by atoms with Crippen LogP contribution in [-0.2, 0) is 5.11 Å². The first-order valence-corrected chi connectivity index (χ1v) is 6.10. The molecular weight excluding hydrogens is 292 g/mol. The molecule has 0 saturated carbocycles. The van der Waals surface area contributed by atoms with Crippen molar-refractivity contribution in [3.05, 3.63) is 40.6 Å². The van der Waals surface area contributed by atoms with Crippen molar-refractivity contribution >= 4 is 11.0 Å². The molecule has 0 aliphatic heterocycles. The molecule has 0 saturated heterocycles. The second kappa shape index (κ2) is 4.59. The molecule has 0 atom stereocenters. The first-order valence-electron chi connectivity index (χ1n) is 6.10. The molecule has 111 valence electrons. The standard InChI is InChI=1S/C15H9O7/c16-7-4-10(19)12-11(5-7)22-15(14(21)13(12)20)6-1-2-8(17)9(18)3-6/h1-5,16-19H. The van der Waals surface area contributed by atoms with Gasteiger partial charge in [0.15, 0.2) is 17.3 Å². The van der Waals surface area contributed by atoms with Crippen molar-refractivity contribution < 1.29 is 29.9 Å². The maximum absolute atomic E-state index is 12.1. The summed E-state index contributed by atoms with van der Waals surface area (Å²) in [5, 5.41) is 49.6. The molecule has 0 bridgehead atoms. The summed E-state index contributed by atoms with van der Waals surface area (Å²) in [7, 11) is 0. The zero-order valence-electron chi connectivity index (χ0n) is 10.9. The van der Waals surface area contributed by atoms with Crippen molar-refractivity contribution in [1.82, 2.24) is 0 Å². The van der Waals surface area contributed by atoms with Crippen molar-refractivity contribution in [1.29, 1.82) is 0 Å². The number of aromatic hydroxyl groups is 4. The first-order chi connectivity index (χ1) is 10.4. The summed E-state index contributed by atoms with van der Waals surface area (Å²) < 4.78 is 5.29. The molecule has 22 heavy (non-hydrogen) atoms. The molecule has 0 amide bonds. The Morgan fingerprint density at radius 1 is 0.864 bits per heavy atom. The normalized spacial score (nSPS) is 10.9. The quantitative estimate of drug-likeness (QED) is 0.510. The van der Waals surface area contributed by atoms with E-state index in [-0.39, 0.29) is 28.0 Å². The number of rotatable bonds is 1. The minimum Gasteiger partial charge on any atom is -0.508 e. The highest BCUT2D eigenvalue weighted by atomic mass is 16.4. The second-order valence-electron chi connectivity index (χ2n) is 4.63. The third-order valence-corrected chi connectivity index (χ3v) is 3.16. The van der Waals surface area contributed by atoms with Gasteiger partial charge >= 0.3 is 0 Å². The van der Waals surface area contributed by atoms with Gasteiger partial charge in [0.1, 0.15) is 22.5 Å². The van der Waals surface area contributed by atoms with E-state index in [9.17, 15) is 30.3 Å². The minimum atomic E-state index is -1.02. The van der Waals surface area contributed by atoms with Crippen LogP contribution in [-0.4, -0.2) is 20.4 Å². The molecule has 3 rings (SSSR count). The molecule has 0 unspecified atom stereocenters. The van der Waals surface area contributed by atoms with Crippen LogP contribution >= 0.6 is 0 Å². The zero-order valence-corrected chi connectivity index (χ0v) is 10.9. The van der Waals surface area contributed by atoms with Crippen LogP contribution in [0.1, 0.15) is 0 Å². The SMILES string of the molecule is [O]c1c(-c2ccc(O)c(O)c2)oc2cc(O)cc(O)c2c1=O. The van der Waals surface area contributed by atoms with Gasteiger partial charge in [-0.2, -0.15) is 0 Å². The van der Waals surface area contributed by atoms with Gasteiger partial charge in [0, 0.05) is 17.7 Å². The molecule has 0 aliphatic carbocycles. The van der Waals surface area contributed by atoms with Crippen molar-refractivity contribution in [3.63, 3.8) is 0 Å². The summed E-state index contributed by atoms with van der Waals surface area (Å²) in [6.07, 6.45) is 0. The van der Waals surface area contributed by atoms with Gasteiger partial charge in [-0.1, -0.05) is 0 Å². The fourth-order valence-corrected chi connectivity index (χ4v) is 2.12. The van der Waals surface area contributed by atoms with Crippen LogP contribution in [0, 0.1) is 0 Å². The lowest BCUT2D eigenvalue weighted by Gasteiger charge is -2.07. The molecule has 4 N–H and O–H groups in total. The Bertz CT molecular complexity index is 956. The van der Waals surface area contributed by atoms with Crippen LogP contribution in [0.15, 0.2) is 39.5 Å². The van der Waals surface area contributed by atoms with Gasteiger partial charge in [0.25, 0.3) is 5.75 Å². The van der Waals surface area contributed by atoms with Gasteiger partial charge in [0.2, 0.25) is 5.43 Å². The Hall–Kier alpha value is -3.35. The molecule has 7 heteroatoms. The molecule has 2 aromatic carbocycles. The lowest BCUT2D eigenvalue weighted by Crippen LogP contribution is -2.02. The smallest absolute Gasteiger partial charge is 0.269 e. The van der Waals surface area contributed by atoms with E-state index in [1.807, 2.05) is 0 Å². The van der Waals surface area contributed by atoms with Crippen LogP contribution in [0.3, 0.4) is 0 Å². The Labute approximate surface area is 122 Å². The van der Waals surface area contributed by atoms with Gasteiger partial charge in [-0.05, 0) is 18.2 Å². The summed E-state index contributed by atoms with van der Waals surface area (Å²) in [5.41, 5.74) is -1.10. The molecule has 1 aromatic heterocycles. The molecule has 0 aliphatic rings. The van der Waals surface area contributed by atoms with E-state index in [4.69, 9.17) is 4.42 Å². The van der Waals surface area contributed by atoms with Crippen LogP contribution in [0.5, 0.6) is 28.7 Å². The van der Waals surface area contributed by atoms with E-state index in [0.717, 1.165) is 24.3 Å².